The van der Waals surface area contributed by atoms with Gasteiger partial charge in [0, 0.05) is 23.9 Å². The van der Waals surface area contributed by atoms with Crippen molar-refractivity contribution >= 4 is 40.5 Å². The average Bonchev–Trinajstić information content (AvgIpc) is 2.58. The van der Waals surface area contributed by atoms with Crippen LogP contribution in [0.25, 0.3) is 0 Å². The smallest absolute Gasteiger partial charge is 0.257 e. The van der Waals surface area contributed by atoms with Crippen LogP contribution in [0.3, 0.4) is 0 Å². The number of thiocarbonyl (C=S) groups is 1. The Kier molecular flexibility index (Phi) is 6.68. The van der Waals surface area contributed by atoms with Gasteiger partial charge in [0.1, 0.15) is 5.75 Å². The molecule has 0 spiro atoms. The van der Waals surface area contributed by atoms with E-state index in [4.69, 9.17) is 17.0 Å². The molecule has 0 aliphatic carbocycles. The van der Waals surface area contributed by atoms with Crippen LogP contribution in [0, 0.1) is 6.92 Å². The maximum atomic E-state index is 12.2. The van der Waals surface area contributed by atoms with Crippen molar-refractivity contribution in [2.24, 2.45) is 0 Å². The molecule has 0 fully saturated rings. The van der Waals surface area contributed by atoms with Crippen LogP contribution in [0.5, 0.6) is 5.75 Å². The number of carbonyl (C=O) groups excluding carboxylic acids is 2. The van der Waals surface area contributed by atoms with Gasteiger partial charge in [-0.05, 0) is 68.0 Å². The minimum Gasteiger partial charge on any atom is -0.494 e. The Hall–Kier alpha value is -2.93. The number of benzene rings is 2. The molecule has 0 radical (unpaired) electrons. The molecule has 2 aromatic rings. The minimum atomic E-state index is -0.320. The fraction of sp³-hybridized carbons (Fsp3) is 0.211. The molecule has 0 atom stereocenters. The van der Waals surface area contributed by atoms with Crippen molar-refractivity contribution in [2.45, 2.75) is 20.8 Å². The first kappa shape index (κ1) is 19.4. The average molecular weight is 371 g/mol. The highest BCUT2D eigenvalue weighted by Gasteiger charge is 2.09. The second-order valence-electron chi connectivity index (χ2n) is 5.58. The van der Waals surface area contributed by atoms with Crippen molar-refractivity contribution in [1.29, 1.82) is 0 Å². The summed E-state index contributed by atoms with van der Waals surface area (Å²) >= 11 is 5.19. The molecule has 0 aromatic heterocycles. The van der Waals surface area contributed by atoms with E-state index >= 15 is 0 Å². The van der Waals surface area contributed by atoms with Crippen LogP contribution in [-0.4, -0.2) is 23.5 Å². The van der Waals surface area contributed by atoms with Crippen LogP contribution in [-0.2, 0) is 4.79 Å². The molecule has 136 valence electrons. The predicted molar refractivity (Wildman–Crippen MR) is 107 cm³/mol. The van der Waals surface area contributed by atoms with Crippen LogP contribution >= 0.6 is 12.2 Å². The Morgan fingerprint density at radius 2 is 1.77 bits per heavy atom. The van der Waals surface area contributed by atoms with E-state index in [0.29, 0.717) is 29.3 Å². The third-order valence-electron chi connectivity index (χ3n) is 3.46. The molecular formula is C19H21N3O3S. The van der Waals surface area contributed by atoms with Gasteiger partial charge in [-0.1, -0.05) is 6.07 Å². The summed E-state index contributed by atoms with van der Waals surface area (Å²) in [6.45, 7) is 5.80. The van der Waals surface area contributed by atoms with Crippen molar-refractivity contribution < 1.29 is 14.3 Å². The van der Waals surface area contributed by atoms with Gasteiger partial charge >= 0.3 is 0 Å². The molecule has 0 heterocycles. The fourth-order valence-corrected chi connectivity index (χ4v) is 2.44. The van der Waals surface area contributed by atoms with Gasteiger partial charge in [-0.3, -0.25) is 14.9 Å². The Morgan fingerprint density at radius 1 is 1.08 bits per heavy atom. The molecule has 0 bridgehead atoms. The summed E-state index contributed by atoms with van der Waals surface area (Å²) in [5.74, 6) is 0.228. The van der Waals surface area contributed by atoms with E-state index in [9.17, 15) is 9.59 Å². The van der Waals surface area contributed by atoms with Crippen molar-refractivity contribution in [2.75, 3.05) is 17.2 Å². The number of anilines is 2. The van der Waals surface area contributed by atoms with Gasteiger partial charge in [-0.2, -0.15) is 0 Å². The third-order valence-corrected chi connectivity index (χ3v) is 3.66. The first-order chi connectivity index (χ1) is 12.4. The van der Waals surface area contributed by atoms with Gasteiger partial charge < -0.3 is 15.4 Å². The lowest BCUT2D eigenvalue weighted by Crippen LogP contribution is -2.34. The molecule has 0 aliphatic heterocycles. The van der Waals surface area contributed by atoms with Gasteiger partial charge in [0.2, 0.25) is 5.91 Å². The quantitative estimate of drug-likeness (QED) is 0.701. The highest BCUT2D eigenvalue weighted by molar-refractivity contribution is 7.80. The van der Waals surface area contributed by atoms with Crippen LogP contribution in [0.15, 0.2) is 42.5 Å². The van der Waals surface area contributed by atoms with E-state index in [-0.39, 0.29) is 16.9 Å². The second-order valence-corrected chi connectivity index (χ2v) is 5.98. The van der Waals surface area contributed by atoms with Gasteiger partial charge in [0.05, 0.1) is 6.61 Å². The fourth-order valence-electron chi connectivity index (χ4n) is 2.23. The maximum absolute atomic E-state index is 12.2. The summed E-state index contributed by atoms with van der Waals surface area (Å²) in [5.41, 5.74) is 2.75. The summed E-state index contributed by atoms with van der Waals surface area (Å²) in [4.78, 5) is 23.5. The molecule has 0 saturated carbocycles. The van der Waals surface area contributed by atoms with E-state index in [1.807, 2.05) is 26.0 Å². The van der Waals surface area contributed by atoms with E-state index in [2.05, 4.69) is 16.0 Å². The van der Waals surface area contributed by atoms with Crippen molar-refractivity contribution in [3.05, 3.63) is 53.6 Å². The molecule has 0 aliphatic rings. The lowest BCUT2D eigenvalue weighted by molar-refractivity contribution is -0.114. The Morgan fingerprint density at radius 3 is 2.38 bits per heavy atom. The number of hydrogen-bond acceptors (Lipinski definition) is 4. The zero-order chi connectivity index (χ0) is 19.1. The number of nitrogens with one attached hydrogen (secondary N) is 3. The molecule has 2 amide bonds. The van der Waals surface area contributed by atoms with E-state index in [1.54, 1.807) is 30.3 Å². The summed E-state index contributed by atoms with van der Waals surface area (Å²) in [6.07, 6.45) is 0. The van der Waals surface area contributed by atoms with Crippen molar-refractivity contribution in [3.8, 4) is 5.75 Å². The highest BCUT2D eigenvalue weighted by Crippen LogP contribution is 2.20. The molecular weight excluding hydrogens is 350 g/mol. The lowest BCUT2D eigenvalue weighted by Gasteiger charge is -2.13. The third kappa shape index (κ3) is 5.56. The van der Waals surface area contributed by atoms with Crippen molar-refractivity contribution in [1.82, 2.24) is 5.32 Å². The van der Waals surface area contributed by atoms with Crippen LogP contribution < -0.4 is 20.7 Å². The van der Waals surface area contributed by atoms with Crippen LogP contribution in [0.1, 0.15) is 29.8 Å². The molecule has 0 unspecified atom stereocenters. The van der Waals surface area contributed by atoms with E-state index in [0.717, 1.165) is 5.56 Å². The maximum Gasteiger partial charge on any atom is 0.257 e. The SMILES string of the molecule is CCOc1ccc(C(=O)NC(=S)Nc2ccc(C)c(NC(C)=O)c2)cc1. The van der Waals surface area contributed by atoms with Gasteiger partial charge in [-0.25, -0.2) is 0 Å². The Labute approximate surface area is 157 Å². The molecule has 3 N–H and O–H groups in total. The number of amides is 2. The normalized spacial score (nSPS) is 9.96. The standard InChI is InChI=1S/C19H21N3O3S/c1-4-25-16-9-6-14(7-10-16)18(24)22-19(26)21-15-8-5-12(2)17(11-15)20-13(3)23/h5-11H,4H2,1-3H3,(H,20,23)(H2,21,22,24,26). The summed E-state index contributed by atoms with van der Waals surface area (Å²) < 4.78 is 5.35. The van der Waals surface area contributed by atoms with Gasteiger partial charge in [0.15, 0.2) is 5.11 Å². The highest BCUT2D eigenvalue weighted by atomic mass is 32.1. The zero-order valence-electron chi connectivity index (χ0n) is 14.9. The number of carbonyl (C=O) groups is 2. The first-order valence-electron chi connectivity index (χ1n) is 8.12. The van der Waals surface area contributed by atoms with Gasteiger partial charge in [-0.15, -0.1) is 0 Å². The Bertz CT molecular complexity index is 819. The van der Waals surface area contributed by atoms with E-state index < -0.39 is 0 Å². The van der Waals surface area contributed by atoms with Gasteiger partial charge in [0.25, 0.3) is 5.91 Å². The topological polar surface area (TPSA) is 79.5 Å². The van der Waals surface area contributed by atoms with Crippen LogP contribution in [0.2, 0.25) is 0 Å². The second kappa shape index (κ2) is 8.96. The minimum absolute atomic E-state index is 0.156. The number of rotatable bonds is 5. The predicted octanol–water partition coefficient (Wildman–Crippen LogP) is 3.48. The zero-order valence-corrected chi connectivity index (χ0v) is 15.7. The largest absolute Gasteiger partial charge is 0.494 e. The molecule has 2 aromatic carbocycles. The molecule has 7 heteroatoms. The summed E-state index contributed by atoms with van der Waals surface area (Å²) in [5, 5.41) is 8.48. The number of hydrogen-bond donors (Lipinski definition) is 3. The molecule has 2 rings (SSSR count). The molecule has 6 nitrogen and oxygen atoms in total. The van der Waals surface area contributed by atoms with Crippen molar-refractivity contribution in [3.63, 3.8) is 0 Å². The molecule has 26 heavy (non-hydrogen) atoms. The van der Waals surface area contributed by atoms with Crippen LogP contribution in [0.4, 0.5) is 11.4 Å². The monoisotopic (exact) mass is 371 g/mol. The lowest BCUT2D eigenvalue weighted by atomic mass is 10.2. The molecule has 0 saturated heterocycles. The number of aryl methyl sites for hydroxylation is 1. The van der Waals surface area contributed by atoms with E-state index in [1.165, 1.54) is 6.92 Å². The summed E-state index contributed by atoms with van der Waals surface area (Å²) in [6, 6.07) is 12.2. The summed E-state index contributed by atoms with van der Waals surface area (Å²) in [7, 11) is 0. The Balaban J connectivity index is 1.99. The number of ether oxygens (including phenoxy) is 1. The first-order valence-corrected chi connectivity index (χ1v) is 8.53.